The first-order chi connectivity index (χ1) is 10.2. The molecule has 5 nitrogen and oxygen atoms in total. The first-order valence-corrected chi connectivity index (χ1v) is 6.98. The van der Waals surface area contributed by atoms with Crippen LogP contribution in [0.1, 0.15) is 6.42 Å². The molecule has 1 amide bonds. The Labute approximate surface area is 123 Å². The molecule has 0 N–H and O–H groups in total. The minimum Gasteiger partial charge on any atom is -0.469 e. The average Bonchev–Trinajstić information content (AvgIpc) is 2.55. The summed E-state index contributed by atoms with van der Waals surface area (Å²) < 4.78 is 10.2. The number of piperidine rings is 1. The van der Waals surface area contributed by atoms with E-state index in [1.165, 1.54) is 7.11 Å². The molecule has 21 heavy (non-hydrogen) atoms. The number of esters is 1. The van der Waals surface area contributed by atoms with E-state index in [9.17, 15) is 9.59 Å². The Kier molecular flexibility index (Phi) is 3.64. The molecule has 3 aliphatic rings. The first-order valence-electron chi connectivity index (χ1n) is 6.98. The van der Waals surface area contributed by atoms with Crippen molar-refractivity contribution >= 4 is 12.1 Å². The number of benzene rings is 1. The minimum absolute atomic E-state index is 0.183. The van der Waals surface area contributed by atoms with Crippen molar-refractivity contribution in [3.63, 3.8) is 0 Å². The van der Waals surface area contributed by atoms with Crippen LogP contribution < -0.4 is 4.74 Å². The van der Waals surface area contributed by atoms with Gasteiger partial charge in [0, 0.05) is 6.54 Å². The number of methoxy groups -OCH3 is 1. The third kappa shape index (κ3) is 2.63. The first kappa shape index (κ1) is 13.7. The van der Waals surface area contributed by atoms with Gasteiger partial charge in [-0.2, -0.15) is 0 Å². The van der Waals surface area contributed by atoms with Gasteiger partial charge in [-0.15, -0.1) is 0 Å². The molecule has 2 aliphatic heterocycles. The zero-order valence-electron chi connectivity index (χ0n) is 11.8. The topological polar surface area (TPSA) is 55.8 Å². The molecule has 1 aliphatic carbocycles. The number of carbonyl (C=O) groups excluding carboxylic acids is 2. The van der Waals surface area contributed by atoms with Gasteiger partial charge in [-0.25, -0.2) is 4.79 Å². The summed E-state index contributed by atoms with van der Waals surface area (Å²) in [7, 11) is 1.38. The van der Waals surface area contributed by atoms with Crippen LogP contribution in [0.25, 0.3) is 0 Å². The maximum atomic E-state index is 12.3. The van der Waals surface area contributed by atoms with Crippen molar-refractivity contribution in [3.8, 4) is 5.75 Å². The zero-order valence-corrected chi connectivity index (χ0v) is 11.8. The van der Waals surface area contributed by atoms with E-state index in [-0.39, 0.29) is 23.8 Å². The standard InChI is InChI=1S/C16H17NO4/c1-20-15(18)13-9-11-7-8-14(13)17(10-11)16(19)21-12-5-3-2-4-6-12/h2-8,11,13-14H,9-10H2,1H3/t11-,13+,14+/m0/s1. The number of nitrogens with zero attached hydrogens (tertiary/aromatic N) is 1. The molecule has 0 aromatic heterocycles. The third-order valence-corrected chi connectivity index (χ3v) is 4.03. The molecule has 2 heterocycles. The van der Waals surface area contributed by atoms with Crippen LogP contribution in [0.2, 0.25) is 0 Å². The second kappa shape index (κ2) is 5.60. The monoisotopic (exact) mass is 287 g/mol. The largest absolute Gasteiger partial charge is 0.469 e. The highest BCUT2D eigenvalue weighted by molar-refractivity contribution is 5.77. The summed E-state index contributed by atoms with van der Waals surface area (Å²) in [6.07, 6.45) is 4.28. The van der Waals surface area contributed by atoms with Crippen molar-refractivity contribution in [3.05, 3.63) is 42.5 Å². The molecule has 2 bridgehead atoms. The van der Waals surface area contributed by atoms with Gasteiger partial charge >= 0.3 is 12.1 Å². The summed E-state index contributed by atoms with van der Waals surface area (Å²) in [5, 5.41) is 0. The Bertz CT molecular complexity index is 569. The van der Waals surface area contributed by atoms with Crippen molar-refractivity contribution < 1.29 is 19.1 Å². The Hall–Kier alpha value is -2.30. The number of ether oxygens (including phenoxy) is 2. The molecular formula is C16H17NO4. The van der Waals surface area contributed by atoms with Gasteiger partial charge in [0.05, 0.1) is 19.1 Å². The Morgan fingerprint density at radius 3 is 2.62 bits per heavy atom. The number of rotatable bonds is 2. The van der Waals surface area contributed by atoms with E-state index in [4.69, 9.17) is 9.47 Å². The van der Waals surface area contributed by atoms with Crippen LogP contribution in [0.4, 0.5) is 4.79 Å². The maximum Gasteiger partial charge on any atom is 0.415 e. The Morgan fingerprint density at radius 1 is 1.19 bits per heavy atom. The van der Waals surface area contributed by atoms with E-state index >= 15 is 0 Å². The van der Waals surface area contributed by atoms with Crippen LogP contribution in [-0.4, -0.2) is 36.7 Å². The summed E-state index contributed by atoms with van der Waals surface area (Å²) in [5.41, 5.74) is 0. The second-order valence-electron chi connectivity index (χ2n) is 5.33. The predicted octanol–water partition coefficient (Wildman–Crippen LogP) is 2.23. The van der Waals surface area contributed by atoms with Crippen molar-refractivity contribution in [1.82, 2.24) is 4.90 Å². The molecule has 5 heteroatoms. The van der Waals surface area contributed by atoms with Gasteiger partial charge in [0.15, 0.2) is 0 Å². The Balaban J connectivity index is 1.75. The van der Waals surface area contributed by atoms with Crippen LogP contribution in [0.5, 0.6) is 5.75 Å². The minimum atomic E-state index is -0.422. The summed E-state index contributed by atoms with van der Waals surface area (Å²) in [4.78, 5) is 25.8. The highest BCUT2D eigenvalue weighted by Crippen LogP contribution is 2.35. The molecule has 110 valence electrons. The Morgan fingerprint density at radius 2 is 1.95 bits per heavy atom. The molecule has 4 rings (SSSR count). The highest BCUT2D eigenvalue weighted by atomic mass is 16.6. The number of carbonyl (C=O) groups is 2. The number of para-hydroxylation sites is 1. The van der Waals surface area contributed by atoms with Crippen molar-refractivity contribution in [2.24, 2.45) is 11.8 Å². The summed E-state index contributed by atoms with van der Waals surface area (Å²) in [6, 6.07) is 8.65. The lowest BCUT2D eigenvalue weighted by Crippen LogP contribution is -2.55. The van der Waals surface area contributed by atoms with E-state index in [0.29, 0.717) is 12.3 Å². The van der Waals surface area contributed by atoms with Gasteiger partial charge in [0.2, 0.25) is 0 Å². The molecule has 0 radical (unpaired) electrons. The molecule has 0 spiro atoms. The van der Waals surface area contributed by atoms with E-state index in [1.54, 1.807) is 17.0 Å². The predicted molar refractivity (Wildman–Crippen MR) is 75.7 cm³/mol. The van der Waals surface area contributed by atoms with Crippen LogP contribution in [0.15, 0.2) is 42.5 Å². The smallest absolute Gasteiger partial charge is 0.415 e. The van der Waals surface area contributed by atoms with Crippen molar-refractivity contribution in [2.75, 3.05) is 13.7 Å². The fourth-order valence-corrected chi connectivity index (χ4v) is 3.01. The molecule has 1 aromatic rings. The van der Waals surface area contributed by atoms with Gasteiger partial charge in [0.25, 0.3) is 0 Å². The van der Waals surface area contributed by atoms with Gasteiger partial charge in [-0.3, -0.25) is 9.69 Å². The lowest BCUT2D eigenvalue weighted by Gasteiger charge is -2.44. The molecule has 3 atom stereocenters. The van der Waals surface area contributed by atoms with Gasteiger partial charge < -0.3 is 9.47 Å². The van der Waals surface area contributed by atoms with E-state index < -0.39 is 6.09 Å². The number of hydrogen-bond acceptors (Lipinski definition) is 4. The molecule has 1 fully saturated rings. The average molecular weight is 287 g/mol. The summed E-state index contributed by atoms with van der Waals surface area (Å²) >= 11 is 0. The van der Waals surface area contributed by atoms with Crippen LogP contribution in [0.3, 0.4) is 0 Å². The maximum absolute atomic E-state index is 12.3. The lowest BCUT2D eigenvalue weighted by molar-refractivity contribution is -0.149. The zero-order chi connectivity index (χ0) is 14.8. The van der Waals surface area contributed by atoms with E-state index in [2.05, 4.69) is 6.08 Å². The summed E-state index contributed by atoms with van der Waals surface area (Å²) in [5.74, 6) is 0.110. The lowest BCUT2D eigenvalue weighted by atomic mass is 9.78. The number of amides is 1. The van der Waals surface area contributed by atoms with E-state index in [0.717, 1.165) is 6.42 Å². The van der Waals surface area contributed by atoms with E-state index in [1.807, 2.05) is 24.3 Å². The highest BCUT2D eigenvalue weighted by Gasteiger charge is 2.44. The molecule has 1 aromatic carbocycles. The van der Waals surface area contributed by atoms with Crippen LogP contribution >= 0.6 is 0 Å². The number of hydrogen-bond donors (Lipinski definition) is 0. The van der Waals surface area contributed by atoms with Crippen LogP contribution in [-0.2, 0) is 9.53 Å². The van der Waals surface area contributed by atoms with Crippen molar-refractivity contribution in [1.29, 1.82) is 0 Å². The fraction of sp³-hybridized carbons (Fsp3) is 0.375. The molecule has 1 saturated heterocycles. The number of fused-ring (bicyclic) bond motifs is 2. The quantitative estimate of drug-likeness (QED) is 0.618. The van der Waals surface area contributed by atoms with Gasteiger partial charge in [0.1, 0.15) is 5.75 Å². The van der Waals surface area contributed by atoms with Gasteiger partial charge in [-0.1, -0.05) is 30.4 Å². The fourth-order valence-electron chi connectivity index (χ4n) is 3.01. The molecule has 0 saturated carbocycles. The van der Waals surface area contributed by atoms with Crippen LogP contribution in [0, 0.1) is 11.8 Å². The normalized spacial score (nSPS) is 26.5. The summed E-state index contributed by atoms with van der Waals surface area (Å²) in [6.45, 7) is 0.584. The van der Waals surface area contributed by atoms with Crippen molar-refractivity contribution in [2.45, 2.75) is 12.5 Å². The molecular weight excluding hydrogens is 270 g/mol. The third-order valence-electron chi connectivity index (χ3n) is 4.03. The molecule has 0 unspecified atom stereocenters. The second-order valence-corrected chi connectivity index (χ2v) is 5.33. The van der Waals surface area contributed by atoms with Gasteiger partial charge in [-0.05, 0) is 24.5 Å². The SMILES string of the molecule is COC(=O)[C@@H]1C[C@@H]2C=C[C@H]1N(C(=O)Oc1ccccc1)C2.